The highest BCUT2D eigenvalue weighted by Gasteiger charge is 2.10. The highest BCUT2D eigenvalue weighted by atomic mass is 35.5. The van der Waals surface area contributed by atoms with Gasteiger partial charge < -0.3 is 4.74 Å². The van der Waals surface area contributed by atoms with E-state index < -0.39 is 0 Å². The van der Waals surface area contributed by atoms with Crippen molar-refractivity contribution in [2.75, 3.05) is 7.11 Å². The van der Waals surface area contributed by atoms with Gasteiger partial charge in [0.05, 0.1) is 7.11 Å². The molecule has 20 heavy (non-hydrogen) atoms. The van der Waals surface area contributed by atoms with Crippen molar-refractivity contribution in [3.05, 3.63) is 52.7 Å². The lowest BCUT2D eigenvalue weighted by Gasteiger charge is -2.05. The third-order valence-electron chi connectivity index (χ3n) is 3.12. The van der Waals surface area contributed by atoms with Crippen LogP contribution in [0.25, 0.3) is 5.65 Å². The van der Waals surface area contributed by atoms with Crippen LogP contribution in [0.1, 0.15) is 17.2 Å². The molecule has 0 aliphatic carbocycles. The minimum atomic E-state index is 0.429. The number of hydrogen-bond donors (Lipinski definition) is 0. The van der Waals surface area contributed by atoms with Gasteiger partial charge in [0.2, 0.25) is 0 Å². The van der Waals surface area contributed by atoms with E-state index in [1.807, 2.05) is 35.6 Å². The standard InChI is InChI=1S/C14H13ClN4O/c1-9-16-12(15)8-14-18-17-13(19(9)14)7-10-3-5-11(20-2)6-4-10/h3-6,8H,7H2,1-2H3. The Kier molecular flexibility index (Phi) is 3.28. The first-order chi connectivity index (χ1) is 9.67. The van der Waals surface area contributed by atoms with Crippen molar-refractivity contribution in [1.29, 1.82) is 0 Å². The third-order valence-corrected chi connectivity index (χ3v) is 3.31. The first-order valence-electron chi connectivity index (χ1n) is 6.17. The second-order valence-corrected chi connectivity index (χ2v) is 4.85. The Balaban J connectivity index is 1.98. The highest BCUT2D eigenvalue weighted by Crippen LogP contribution is 2.17. The Morgan fingerprint density at radius 1 is 1.20 bits per heavy atom. The summed E-state index contributed by atoms with van der Waals surface area (Å²) in [5.41, 5.74) is 1.85. The number of ether oxygens (including phenoxy) is 1. The van der Waals surface area contributed by atoms with Crippen LogP contribution in [0, 0.1) is 6.92 Å². The predicted molar refractivity (Wildman–Crippen MR) is 76.3 cm³/mol. The Labute approximate surface area is 121 Å². The molecule has 6 heteroatoms. The van der Waals surface area contributed by atoms with Crippen molar-refractivity contribution in [3.8, 4) is 5.75 Å². The molecule has 5 nitrogen and oxygen atoms in total. The number of halogens is 1. The van der Waals surface area contributed by atoms with Crippen LogP contribution in [0.15, 0.2) is 30.3 Å². The molecule has 0 aliphatic heterocycles. The van der Waals surface area contributed by atoms with Gasteiger partial charge in [-0.3, -0.25) is 4.40 Å². The monoisotopic (exact) mass is 288 g/mol. The van der Waals surface area contributed by atoms with Gasteiger partial charge in [0.25, 0.3) is 0 Å². The van der Waals surface area contributed by atoms with Gasteiger partial charge in [-0.1, -0.05) is 23.7 Å². The number of aromatic nitrogens is 4. The molecule has 0 bridgehead atoms. The van der Waals surface area contributed by atoms with E-state index in [0.717, 1.165) is 23.0 Å². The topological polar surface area (TPSA) is 52.3 Å². The number of fused-ring (bicyclic) bond motifs is 1. The summed E-state index contributed by atoms with van der Waals surface area (Å²) in [5.74, 6) is 2.46. The molecule has 0 spiro atoms. The molecular formula is C14H13ClN4O. The van der Waals surface area contributed by atoms with Crippen LogP contribution in [0.4, 0.5) is 0 Å². The molecule has 2 heterocycles. The van der Waals surface area contributed by atoms with E-state index in [0.29, 0.717) is 17.2 Å². The van der Waals surface area contributed by atoms with Gasteiger partial charge in [0.15, 0.2) is 5.65 Å². The van der Waals surface area contributed by atoms with E-state index in [-0.39, 0.29) is 0 Å². The fourth-order valence-corrected chi connectivity index (χ4v) is 2.38. The Hall–Kier alpha value is -2.14. The lowest BCUT2D eigenvalue weighted by atomic mass is 10.1. The summed E-state index contributed by atoms with van der Waals surface area (Å²) >= 11 is 5.92. The largest absolute Gasteiger partial charge is 0.497 e. The van der Waals surface area contributed by atoms with Gasteiger partial charge in [-0.15, -0.1) is 10.2 Å². The van der Waals surface area contributed by atoms with Crippen molar-refractivity contribution < 1.29 is 4.74 Å². The minimum absolute atomic E-state index is 0.429. The van der Waals surface area contributed by atoms with Crippen LogP contribution in [0.2, 0.25) is 5.15 Å². The zero-order chi connectivity index (χ0) is 14.1. The molecule has 102 valence electrons. The molecule has 3 aromatic rings. The molecule has 1 aromatic carbocycles. The van der Waals surface area contributed by atoms with Crippen molar-refractivity contribution in [3.63, 3.8) is 0 Å². The molecule has 0 aliphatic rings. The fourth-order valence-electron chi connectivity index (χ4n) is 2.16. The van der Waals surface area contributed by atoms with Gasteiger partial charge in [-0.25, -0.2) is 4.98 Å². The summed E-state index contributed by atoms with van der Waals surface area (Å²) in [7, 11) is 1.65. The summed E-state index contributed by atoms with van der Waals surface area (Å²) in [5, 5.41) is 8.78. The van der Waals surface area contributed by atoms with Gasteiger partial charge in [-0.05, 0) is 24.6 Å². The maximum atomic E-state index is 5.92. The summed E-state index contributed by atoms with van der Waals surface area (Å²) in [6, 6.07) is 9.59. The Morgan fingerprint density at radius 2 is 1.95 bits per heavy atom. The zero-order valence-corrected chi connectivity index (χ0v) is 11.9. The number of benzene rings is 1. The van der Waals surface area contributed by atoms with Crippen LogP contribution >= 0.6 is 11.6 Å². The van der Waals surface area contributed by atoms with Crippen molar-refractivity contribution in [1.82, 2.24) is 19.6 Å². The maximum Gasteiger partial charge on any atom is 0.165 e. The maximum absolute atomic E-state index is 5.92. The average Bonchev–Trinajstić information content (AvgIpc) is 2.82. The molecule has 0 radical (unpaired) electrons. The number of hydrogen-bond acceptors (Lipinski definition) is 4. The van der Waals surface area contributed by atoms with Crippen LogP contribution in [-0.2, 0) is 6.42 Å². The molecule has 0 N–H and O–H groups in total. The first kappa shape index (κ1) is 12.9. The van der Waals surface area contributed by atoms with Crippen LogP contribution < -0.4 is 4.74 Å². The predicted octanol–water partition coefficient (Wildman–Crippen LogP) is 2.69. The van der Waals surface area contributed by atoms with Crippen LogP contribution in [0.3, 0.4) is 0 Å². The summed E-state index contributed by atoms with van der Waals surface area (Å²) in [6.07, 6.45) is 0.676. The number of aryl methyl sites for hydroxylation is 1. The molecule has 0 unspecified atom stereocenters. The Morgan fingerprint density at radius 3 is 2.65 bits per heavy atom. The van der Waals surface area contributed by atoms with E-state index in [9.17, 15) is 0 Å². The van der Waals surface area contributed by atoms with E-state index in [1.54, 1.807) is 13.2 Å². The van der Waals surface area contributed by atoms with E-state index in [1.165, 1.54) is 0 Å². The zero-order valence-electron chi connectivity index (χ0n) is 11.2. The van der Waals surface area contributed by atoms with Crippen LogP contribution in [-0.4, -0.2) is 26.7 Å². The lowest BCUT2D eigenvalue weighted by molar-refractivity contribution is 0.414. The molecular weight excluding hydrogens is 276 g/mol. The summed E-state index contributed by atoms with van der Waals surface area (Å²) in [4.78, 5) is 4.23. The number of nitrogens with zero attached hydrogens (tertiary/aromatic N) is 4. The molecule has 0 atom stereocenters. The van der Waals surface area contributed by atoms with Crippen LogP contribution in [0.5, 0.6) is 5.75 Å². The van der Waals surface area contributed by atoms with E-state index in [2.05, 4.69) is 15.2 Å². The average molecular weight is 289 g/mol. The molecule has 0 amide bonds. The minimum Gasteiger partial charge on any atom is -0.497 e. The van der Waals surface area contributed by atoms with Crippen molar-refractivity contribution in [2.45, 2.75) is 13.3 Å². The smallest absolute Gasteiger partial charge is 0.165 e. The van der Waals surface area contributed by atoms with Gasteiger partial charge in [-0.2, -0.15) is 0 Å². The summed E-state index contributed by atoms with van der Waals surface area (Å²) < 4.78 is 7.06. The number of methoxy groups -OCH3 is 1. The second-order valence-electron chi connectivity index (χ2n) is 4.46. The Bertz CT molecular complexity index is 752. The van der Waals surface area contributed by atoms with Gasteiger partial charge in [0.1, 0.15) is 22.6 Å². The first-order valence-corrected chi connectivity index (χ1v) is 6.55. The fraction of sp³-hybridized carbons (Fsp3) is 0.214. The second kappa shape index (κ2) is 5.09. The SMILES string of the molecule is COc1ccc(Cc2nnc3cc(Cl)nc(C)n23)cc1. The summed E-state index contributed by atoms with van der Waals surface area (Å²) in [6.45, 7) is 1.89. The molecule has 0 saturated heterocycles. The molecule has 0 saturated carbocycles. The normalized spacial score (nSPS) is 10.9. The molecule has 2 aromatic heterocycles. The van der Waals surface area contributed by atoms with E-state index >= 15 is 0 Å². The van der Waals surface area contributed by atoms with E-state index in [4.69, 9.17) is 16.3 Å². The molecule has 3 rings (SSSR count). The highest BCUT2D eigenvalue weighted by molar-refractivity contribution is 6.29. The quantitative estimate of drug-likeness (QED) is 0.695. The van der Waals surface area contributed by atoms with Gasteiger partial charge >= 0.3 is 0 Å². The van der Waals surface area contributed by atoms with Crippen molar-refractivity contribution in [2.24, 2.45) is 0 Å². The van der Waals surface area contributed by atoms with Gasteiger partial charge in [0, 0.05) is 12.5 Å². The lowest BCUT2D eigenvalue weighted by Crippen LogP contribution is -2.02. The van der Waals surface area contributed by atoms with Crippen molar-refractivity contribution >= 4 is 17.2 Å². The third kappa shape index (κ3) is 2.32. The molecule has 0 fully saturated rings. The number of rotatable bonds is 3.